The second-order valence-corrected chi connectivity index (χ2v) is 16.8. The number of likely N-dealkylation sites (N-methyl/N-ethyl adjacent to an activating group) is 1. The summed E-state index contributed by atoms with van der Waals surface area (Å²) in [5.41, 5.74) is 0. The van der Waals surface area contributed by atoms with Gasteiger partial charge in [0.05, 0.1) is 34.2 Å². The largest absolute Gasteiger partial charge is 0.472 e. The number of ether oxygens (including phenoxy) is 2. The van der Waals surface area contributed by atoms with E-state index in [9.17, 15) is 19.0 Å². The molecule has 1 N–H and O–H groups in total. The first-order chi connectivity index (χ1) is 25.0. The Morgan fingerprint density at radius 3 is 1.52 bits per heavy atom. The molecule has 0 aromatic carbocycles. The van der Waals surface area contributed by atoms with Crippen LogP contribution in [0.1, 0.15) is 181 Å². The van der Waals surface area contributed by atoms with E-state index >= 15 is 0 Å². The third-order valence-corrected chi connectivity index (χ3v) is 9.97. The van der Waals surface area contributed by atoms with Crippen LogP contribution in [-0.2, 0) is 32.7 Å². The van der Waals surface area contributed by atoms with Crippen molar-refractivity contribution in [1.82, 2.24) is 0 Å². The molecular formula is C42H81NO8P+. The summed E-state index contributed by atoms with van der Waals surface area (Å²) in [5.74, 6) is -0.901. The SMILES string of the molecule is CCCCCCCC/C=C\CCCCCCCC(=O)OCC(COP(=O)(O)OCC[N+](C)(C)C)OC(=O)C/C=C/CCCCCCCCCCCC. The summed E-state index contributed by atoms with van der Waals surface area (Å²) in [7, 11) is 1.45. The number of phosphoric ester groups is 1. The summed E-state index contributed by atoms with van der Waals surface area (Å²) in [6, 6.07) is 0. The van der Waals surface area contributed by atoms with Crippen LogP contribution < -0.4 is 0 Å². The van der Waals surface area contributed by atoms with Gasteiger partial charge in [0.2, 0.25) is 0 Å². The lowest BCUT2D eigenvalue weighted by Crippen LogP contribution is -2.37. The third kappa shape index (κ3) is 38.2. The molecule has 0 aliphatic carbocycles. The Bertz CT molecular complexity index is 949. The van der Waals surface area contributed by atoms with Gasteiger partial charge in [-0.3, -0.25) is 18.6 Å². The number of carbonyl (C=O) groups excluding carboxylic acids is 2. The van der Waals surface area contributed by atoms with Crippen molar-refractivity contribution in [2.45, 2.75) is 187 Å². The smallest absolute Gasteiger partial charge is 0.462 e. The van der Waals surface area contributed by atoms with Crippen LogP contribution in [0.15, 0.2) is 24.3 Å². The molecule has 10 heteroatoms. The van der Waals surface area contributed by atoms with E-state index < -0.39 is 26.5 Å². The molecule has 0 amide bonds. The van der Waals surface area contributed by atoms with Crippen molar-refractivity contribution in [3.05, 3.63) is 24.3 Å². The fourth-order valence-electron chi connectivity index (χ4n) is 5.64. The fraction of sp³-hybridized carbons (Fsp3) is 0.857. The first-order valence-corrected chi connectivity index (χ1v) is 22.6. The van der Waals surface area contributed by atoms with Gasteiger partial charge in [-0.05, 0) is 44.9 Å². The highest BCUT2D eigenvalue weighted by atomic mass is 31.2. The van der Waals surface area contributed by atoms with Gasteiger partial charge in [-0.15, -0.1) is 0 Å². The maximum Gasteiger partial charge on any atom is 0.472 e. The van der Waals surface area contributed by atoms with E-state index in [-0.39, 0.29) is 32.0 Å². The van der Waals surface area contributed by atoms with Crippen LogP contribution in [0.5, 0.6) is 0 Å². The third-order valence-electron chi connectivity index (χ3n) is 8.99. The number of nitrogens with zero attached hydrogens (tertiary/aromatic N) is 1. The zero-order valence-corrected chi connectivity index (χ0v) is 35.2. The molecule has 0 aromatic heterocycles. The van der Waals surface area contributed by atoms with Gasteiger partial charge < -0.3 is 18.9 Å². The van der Waals surface area contributed by atoms with Crippen molar-refractivity contribution in [3.8, 4) is 0 Å². The van der Waals surface area contributed by atoms with Crippen LogP contribution in [0.4, 0.5) is 0 Å². The topological polar surface area (TPSA) is 108 Å². The number of phosphoric acid groups is 1. The summed E-state index contributed by atoms with van der Waals surface area (Å²) >= 11 is 0. The summed E-state index contributed by atoms with van der Waals surface area (Å²) in [6.45, 7) is 4.35. The number of rotatable bonds is 38. The second-order valence-electron chi connectivity index (χ2n) is 15.4. The molecule has 0 radical (unpaired) electrons. The molecule has 9 nitrogen and oxygen atoms in total. The van der Waals surface area contributed by atoms with E-state index in [1.54, 1.807) is 6.08 Å². The Morgan fingerprint density at radius 2 is 1.04 bits per heavy atom. The van der Waals surface area contributed by atoms with Gasteiger partial charge in [0.1, 0.15) is 19.8 Å². The predicted octanol–water partition coefficient (Wildman–Crippen LogP) is 11.6. The Morgan fingerprint density at radius 1 is 0.596 bits per heavy atom. The van der Waals surface area contributed by atoms with Crippen LogP contribution in [0.3, 0.4) is 0 Å². The van der Waals surface area contributed by atoms with Crippen LogP contribution in [0.25, 0.3) is 0 Å². The highest BCUT2D eigenvalue weighted by Crippen LogP contribution is 2.43. The normalized spacial score (nSPS) is 13.9. The van der Waals surface area contributed by atoms with Gasteiger partial charge >= 0.3 is 19.8 Å². The maximum absolute atomic E-state index is 12.6. The standard InChI is InChI=1S/C42H80NO8P/c1-6-8-10-12-14-16-18-20-21-23-24-26-28-30-32-34-41(44)48-38-40(39-50-52(46,47)49-37-36-43(3,4)5)51-42(45)35-33-31-29-27-25-22-19-17-15-13-11-9-7-2/h20-21,31,33,40H,6-19,22-30,32,34-39H2,1-5H3/p+1/b21-20-,33-31+. The van der Waals surface area contributed by atoms with Gasteiger partial charge in [0, 0.05) is 6.42 Å². The Kier molecular flexibility index (Phi) is 34.2. The zero-order chi connectivity index (χ0) is 38.6. The molecule has 0 spiro atoms. The summed E-state index contributed by atoms with van der Waals surface area (Å²) in [4.78, 5) is 35.2. The number of quaternary nitrogens is 1. The van der Waals surface area contributed by atoms with Gasteiger partial charge in [-0.2, -0.15) is 0 Å². The molecule has 0 fully saturated rings. The molecular weight excluding hydrogens is 677 g/mol. The lowest BCUT2D eigenvalue weighted by Gasteiger charge is -2.24. The molecule has 0 aromatic rings. The first-order valence-electron chi connectivity index (χ1n) is 21.1. The summed E-state index contributed by atoms with van der Waals surface area (Å²) in [5, 5.41) is 0. The molecule has 0 rings (SSSR count). The summed E-state index contributed by atoms with van der Waals surface area (Å²) in [6.07, 6.45) is 36.7. The average Bonchev–Trinajstić information content (AvgIpc) is 3.09. The van der Waals surface area contributed by atoms with Gasteiger partial charge in [0.15, 0.2) is 6.10 Å². The van der Waals surface area contributed by atoms with Crippen LogP contribution in [0.2, 0.25) is 0 Å². The predicted molar refractivity (Wildman–Crippen MR) is 215 cm³/mol. The Hall–Kier alpha value is -1.51. The minimum atomic E-state index is -4.38. The monoisotopic (exact) mass is 759 g/mol. The number of allylic oxidation sites excluding steroid dienone is 3. The van der Waals surface area contributed by atoms with E-state index in [1.807, 2.05) is 27.2 Å². The molecule has 306 valence electrons. The molecule has 2 unspecified atom stereocenters. The molecule has 0 aliphatic rings. The van der Waals surface area contributed by atoms with E-state index in [1.165, 1.54) is 103 Å². The average molecular weight is 759 g/mol. The van der Waals surface area contributed by atoms with Crippen molar-refractivity contribution in [1.29, 1.82) is 0 Å². The van der Waals surface area contributed by atoms with Crippen molar-refractivity contribution in [3.63, 3.8) is 0 Å². The number of carbonyl (C=O) groups is 2. The number of unbranched alkanes of at least 4 members (excludes halogenated alkanes) is 21. The molecule has 52 heavy (non-hydrogen) atoms. The molecule has 0 bridgehead atoms. The van der Waals surface area contributed by atoms with Gasteiger partial charge in [-0.1, -0.05) is 147 Å². The second kappa shape index (κ2) is 35.2. The van der Waals surface area contributed by atoms with Gasteiger partial charge in [-0.25, -0.2) is 4.57 Å². The Labute approximate surface area is 319 Å². The molecule has 0 aliphatic heterocycles. The van der Waals surface area contributed by atoms with Crippen molar-refractivity contribution >= 4 is 19.8 Å². The lowest BCUT2D eigenvalue weighted by atomic mass is 10.1. The Balaban J connectivity index is 4.43. The molecule has 0 saturated carbocycles. The van der Waals surface area contributed by atoms with E-state index in [0.29, 0.717) is 11.0 Å². The van der Waals surface area contributed by atoms with E-state index in [0.717, 1.165) is 51.4 Å². The highest BCUT2D eigenvalue weighted by Gasteiger charge is 2.27. The molecule has 0 saturated heterocycles. The maximum atomic E-state index is 12.6. The minimum absolute atomic E-state index is 0.0243. The van der Waals surface area contributed by atoms with Crippen LogP contribution >= 0.6 is 7.82 Å². The van der Waals surface area contributed by atoms with Gasteiger partial charge in [0.25, 0.3) is 0 Å². The van der Waals surface area contributed by atoms with Crippen molar-refractivity contribution in [2.24, 2.45) is 0 Å². The molecule has 0 heterocycles. The van der Waals surface area contributed by atoms with E-state index in [2.05, 4.69) is 26.0 Å². The first kappa shape index (κ1) is 50.5. The quantitative estimate of drug-likeness (QED) is 0.0218. The summed E-state index contributed by atoms with van der Waals surface area (Å²) < 4.78 is 34.1. The fourth-order valence-corrected chi connectivity index (χ4v) is 6.38. The molecule has 2 atom stereocenters. The number of hydrogen-bond acceptors (Lipinski definition) is 7. The zero-order valence-electron chi connectivity index (χ0n) is 34.3. The van der Waals surface area contributed by atoms with E-state index in [4.69, 9.17) is 18.5 Å². The van der Waals surface area contributed by atoms with Crippen molar-refractivity contribution < 1.29 is 42.1 Å². The lowest BCUT2D eigenvalue weighted by molar-refractivity contribution is -0.870. The van der Waals surface area contributed by atoms with Crippen LogP contribution in [-0.4, -0.2) is 74.9 Å². The van der Waals surface area contributed by atoms with Crippen LogP contribution in [0, 0.1) is 0 Å². The highest BCUT2D eigenvalue weighted by molar-refractivity contribution is 7.47. The minimum Gasteiger partial charge on any atom is -0.462 e. The van der Waals surface area contributed by atoms with Crippen molar-refractivity contribution in [2.75, 3.05) is 47.5 Å². The number of esters is 2. The number of hydrogen-bond donors (Lipinski definition) is 1.